The molecular formula is C17H30O3. The Labute approximate surface area is 123 Å². The fourth-order valence-electron chi connectivity index (χ4n) is 3.93. The maximum atomic E-state index is 12.5. The van der Waals surface area contributed by atoms with Crippen LogP contribution < -0.4 is 0 Å². The van der Waals surface area contributed by atoms with Gasteiger partial charge in [0.1, 0.15) is 0 Å². The highest BCUT2D eigenvalue weighted by molar-refractivity contribution is 5.74. The molecule has 0 aromatic carbocycles. The quantitative estimate of drug-likeness (QED) is 0.583. The smallest absolute Gasteiger partial charge is 0.310 e. The lowest BCUT2D eigenvalue weighted by atomic mass is 9.67. The largest absolute Gasteiger partial charge is 0.465 e. The molecule has 0 amide bonds. The molecule has 0 aromatic rings. The van der Waals surface area contributed by atoms with Crippen LogP contribution in [-0.2, 0) is 14.3 Å². The van der Waals surface area contributed by atoms with Crippen LogP contribution >= 0.6 is 0 Å². The van der Waals surface area contributed by atoms with Crippen LogP contribution in [0.1, 0.15) is 60.8 Å². The number of carbonyl (C=O) groups is 1. The first kappa shape index (κ1) is 15.8. The molecule has 1 heterocycles. The standard InChI is InChI=1S/C17H30O3/c1-16(2,3)14(17(4,5)6)15(18)19-10-11-7-8-12-13(9-11)20-12/h11-14H,7-10H2,1-6H3. The van der Waals surface area contributed by atoms with Crippen molar-refractivity contribution in [3.05, 3.63) is 0 Å². The van der Waals surface area contributed by atoms with Gasteiger partial charge in [-0.15, -0.1) is 0 Å². The summed E-state index contributed by atoms with van der Waals surface area (Å²) < 4.78 is 11.2. The number of esters is 1. The summed E-state index contributed by atoms with van der Waals surface area (Å²) in [5.41, 5.74) is -0.154. The van der Waals surface area contributed by atoms with E-state index in [1.54, 1.807) is 0 Å². The summed E-state index contributed by atoms with van der Waals surface area (Å²) in [6, 6.07) is 0. The maximum Gasteiger partial charge on any atom is 0.310 e. The predicted octanol–water partition coefficient (Wildman–Crippen LogP) is 3.81. The zero-order chi connectivity index (χ0) is 15.1. The van der Waals surface area contributed by atoms with Crippen LogP contribution in [0.15, 0.2) is 0 Å². The summed E-state index contributed by atoms with van der Waals surface area (Å²) in [5.74, 6) is 0.371. The monoisotopic (exact) mass is 282 g/mol. The third kappa shape index (κ3) is 3.75. The number of hydrogen-bond acceptors (Lipinski definition) is 3. The molecule has 1 aliphatic heterocycles. The molecule has 3 nitrogen and oxygen atoms in total. The highest BCUT2D eigenvalue weighted by atomic mass is 16.6. The van der Waals surface area contributed by atoms with Crippen molar-refractivity contribution in [3.63, 3.8) is 0 Å². The van der Waals surface area contributed by atoms with Crippen LogP contribution in [0.5, 0.6) is 0 Å². The number of epoxide rings is 1. The summed E-state index contributed by atoms with van der Waals surface area (Å²) in [5, 5.41) is 0. The van der Waals surface area contributed by atoms with E-state index in [9.17, 15) is 4.79 Å². The minimum atomic E-state index is -0.0801. The zero-order valence-corrected chi connectivity index (χ0v) is 13.9. The zero-order valence-electron chi connectivity index (χ0n) is 13.9. The SMILES string of the molecule is CC(C)(C)C(C(=O)OCC1CCC2OC2C1)C(C)(C)C. The number of fused-ring (bicyclic) bond motifs is 1. The third-order valence-electron chi connectivity index (χ3n) is 4.54. The highest BCUT2D eigenvalue weighted by Crippen LogP contribution is 2.42. The topological polar surface area (TPSA) is 38.8 Å². The summed E-state index contributed by atoms with van der Waals surface area (Å²) in [4.78, 5) is 12.5. The van der Waals surface area contributed by atoms with Gasteiger partial charge in [-0.2, -0.15) is 0 Å². The first-order valence-corrected chi connectivity index (χ1v) is 7.91. The summed E-state index contributed by atoms with van der Waals surface area (Å²) >= 11 is 0. The molecule has 0 N–H and O–H groups in total. The van der Waals surface area contributed by atoms with Crippen LogP contribution in [0.4, 0.5) is 0 Å². The molecule has 0 radical (unpaired) electrons. The maximum absolute atomic E-state index is 12.5. The van der Waals surface area contributed by atoms with Crippen LogP contribution in [0, 0.1) is 22.7 Å². The molecule has 0 aromatic heterocycles. The van der Waals surface area contributed by atoms with Crippen molar-refractivity contribution < 1.29 is 14.3 Å². The van der Waals surface area contributed by atoms with E-state index < -0.39 is 0 Å². The summed E-state index contributed by atoms with van der Waals surface area (Å²) in [6.45, 7) is 13.3. The Balaban J connectivity index is 1.88. The van der Waals surface area contributed by atoms with E-state index in [-0.39, 0.29) is 22.7 Å². The van der Waals surface area contributed by atoms with Gasteiger partial charge in [-0.1, -0.05) is 41.5 Å². The van der Waals surface area contributed by atoms with Crippen molar-refractivity contribution in [2.24, 2.45) is 22.7 Å². The first-order chi connectivity index (χ1) is 9.09. The summed E-state index contributed by atoms with van der Waals surface area (Å²) in [6.07, 6.45) is 4.29. The molecule has 20 heavy (non-hydrogen) atoms. The molecule has 3 atom stereocenters. The van der Waals surface area contributed by atoms with Gasteiger partial charge in [-0.05, 0) is 36.0 Å². The van der Waals surface area contributed by atoms with Gasteiger partial charge in [-0.3, -0.25) is 4.79 Å². The Morgan fingerprint density at radius 2 is 1.70 bits per heavy atom. The lowest BCUT2D eigenvalue weighted by Gasteiger charge is -2.38. The number of hydrogen-bond donors (Lipinski definition) is 0. The first-order valence-electron chi connectivity index (χ1n) is 7.91. The molecule has 0 spiro atoms. The third-order valence-corrected chi connectivity index (χ3v) is 4.54. The Bertz CT molecular complexity index is 347. The molecule has 116 valence electrons. The molecule has 3 heteroatoms. The minimum Gasteiger partial charge on any atom is -0.465 e. The highest BCUT2D eigenvalue weighted by Gasteiger charge is 2.45. The second kappa shape index (κ2) is 5.32. The van der Waals surface area contributed by atoms with Gasteiger partial charge in [0.15, 0.2) is 0 Å². The van der Waals surface area contributed by atoms with E-state index in [1.165, 1.54) is 0 Å². The Morgan fingerprint density at radius 1 is 1.10 bits per heavy atom. The van der Waals surface area contributed by atoms with Gasteiger partial charge in [0.25, 0.3) is 0 Å². The fraction of sp³-hybridized carbons (Fsp3) is 0.941. The Kier molecular flexibility index (Phi) is 4.21. The lowest BCUT2D eigenvalue weighted by molar-refractivity contribution is -0.159. The molecule has 2 fully saturated rings. The average molecular weight is 282 g/mol. The van der Waals surface area contributed by atoms with Crippen molar-refractivity contribution in [1.29, 1.82) is 0 Å². The van der Waals surface area contributed by atoms with E-state index in [4.69, 9.17) is 9.47 Å². The number of rotatable bonds is 3. The predicted molar refractivity (Wildman–Crippen MR) is 79.4 cm³/mol. The van der Waals surface area contributed by atoms with Crippen molar-refractivity contribution in [3.8, 4) is 0 Å². The molecule has 1 saturated heterocycles. The minimum absolute atomic E-state index is 0.0381. The average Bonchev–Trinajstić information content (AvgIpc) is 3.00. The van der Waals surface area contributed by atoms with Crippen LogP contribution in [0.2, 0.25) is 0 Å². The van der Waals surface area contributed by atoms with E-state index in [0.717, 1.165) is 19.3 Å². The van der Waals surface area contributed by atoms with Gasteiger partial charge >= 0.3 is 5.97 Å². The molecular weight excluding hydrogens is 252 g/mol. The molecule has 1 aliphatic carbocycles. The van der Waals surface area contributed by atoms with E-state index in [2.05, 4.69) is 41.5 Å². The fourth-order valence-corrected chi connectivity index (χ4v) is 3.93. The molecule has 2 rings (SSSR count). The molecule has 3 unspecified atom stereocenters. The lowest BCUT2D eigenvalue weighted by Crippen LogP contribution is -2.40. The second-order valence-electron chi connectivity index (χ2n) is 8.69. The Morgan fingerprint density at radius 3 is 2.20 bits per heavy atom. The van der Waals surface area contributed by atoms with Gasteiger partial charge in [0.05, 0.1) is 24.7 Å². The van der Waals surface area contributed by atoms with Crippen LogP contribution in [0.25, 0.3) is 0 Å². The molecule has 2 aliphatic rings. The van der Waals surface area contributed by atoms with E-state index in [0.29, 0.717) is 24.7 Å². The number of carbonyl (C=O) groups excluding carboxylic acids is 1. The van der Waals surface area contributed by atoms with Crippen molar-refractivity contribution in [2.45, 2.75) is 73.0 Å². The van der Waals surface area contributed by atoms with Crippen molar-refractivity contribution in [1.82, 2.24) is 0 Å². The summed E-state index contributed by atoms with van der Waals surface area (Å²) in [7, 11) is 0. The van der Waals surface area contributed by atoms with Crippen LogP contribution in [-0.4, -0.2) is 24.8 Å². The Hall–Kier alpha value is -0.570. The normalized spacial score (nSPS) is 30.1. The van der Waals surface area contributed by atoms with Crippen molar-refractivity contribution in [2.75, 3.05) is 6.61 Å². The van der Waals surface area contributed by atoms with E-state index >= 15 is 0 Å². The number of ether oxygens (including phenoxy) is 2. The molecule has 1 saturated carbocycles. The molecule has 0 bridgehead atoms. The van der Waals surface area contributed by atoms with E-state index in [1.807, 2.05) is 0 Å². The van der Waals surface area contributed by atoms with Gasteiger partial charge in [0.2, 0.25) is 0 Å². The van der Waals surface area contributed by atoms with Crippen molar-refractivity contribution >= 4 is 5.97 Å². The van der Waals surface area contributed by atoms with Gasteiger partial charge in [-0.25, -0.2) is 0 Å². The van der Waals surface area contributed by atoms with Crippen LogP contribution in [0.3, 0.4) is 0 Å². The second-order valence-corrected chi connectivity index (χ2v) is 8.69. The van der Waals surface area contributed by atoms with Gasteiger partial charge < -0.3 is 9.47 Å². The van der Waals surface area contributed by atoms with Gasteiger partial charge in [0, 0.05) is 0 Å².